The van der Waals surface area contributed by atoms with Crippen LogP contribution in [0.4, 0.5) is 10.5 Å². The van der Waals surface area contributed by atoms with Gasteiger partial charge < -0.3 is 15.0 Å². The summed E-state index contributed by atoms with van der Waals surface area (Å²) in [6.45, 7) is 6.37. The predicted molar refractivity (Wildman–Crippen MR) is 108 cm³/mol. The molecule has 1 aromatic carbocycles. The number of esters is 1. The highest BCUT2D eigenvalue weighted by Crippen LogP contribution is 2.23. The van der Waals surface area contributed by atoms with Crippen molar-refractivity contribution < 1.29 is 23.9 Å². The average Bonchev–Trinajstić information content (AvgIpc) is 2.89. The van der Waals surface area contributed by atoms with Crippen LogP contribution in [0.2, 0.25) is 0 Å². The second kappa shape index (κ2) is 9.54. The van der Waals surface area contributed by atoms with Crippen molar-refractivity contribution in [2.75, 3.05) is 18.1 Å². The van der Waals surface area contributed by atoms with Crippen LogP contribution in [0.15, 0.2) is 30.3 Å². The summed E-state index contributed by atoms with van der Waals surface area (Å²) < 4.78 is 5.06. The van der Waals surface area contributed by atoms with E-state index in [-0.39, 0.29) is 11.9 Å². The Hall–Kier alpha value is -2.90. The Morgan fingerprint density at radius 1 is 1.21 bits per heavy atom. The fraction of sp³-hybridized carbons (Fsp3) is 0.524. The Morgan fingerprint density at radius 2 is 1.86 bits per heavy atom. The van der Waals surface area contributed by atoms with Gasteiger partial charge in [-0.1, -0.05) is 38.0 Å². The smallest absolute Gasteiger partial charge is 0.326 e. The molecule has 1 aliphatic rings. The van der Waals surface area contributed by atoms with E-state index in [9.17, 15) is 19.2 Å². The van der Waals surface area contributed by atoms with Crippen LogP contribution in [-0.2, 0) is 19.1 Å². The van der Waals surface area contributed by atoms with Gasteiger partial charge in [0.25, 0.3) is 11.8 Å². The van der Waals surface area contributed by atoms with Crippen molar-refractivity contribution in [2.45, 2.75) is 58.5 Å². The Bertz CT molecular complexity index is 765. The van der Waals surface area contributed by atoms with E-state index in [1.807, 2.05) is 39.0 Å². The number of carbonyl (C=O) groups excluding carboxylic acids is 4. The Labute approximate surface area is 171 Å². The normalized spacial score (nSPS) is 18.7. The number of nitrogens with zero attached hydrogens (tertiary/aromatic N) is 2. The molecule has 8 nitrogen and oxygen atoms in total. The fourth-order valence-electron chi connectivity index (χ4n) is 3.30. The molecule has 29 heavy (non-hydrogen) atoms. The lowest BCUT2D eigenvalue weighted by molar-refractivity contribution is -0.150. The maximum absolute atomic E-state index is 12.6. The van der Waals surface area contributed by atoms with Crippen molar-refractivity contribution in [2.24, 2.45) is 0 Å². The lowest BCUT2D eigenvalue weighted by atomic mass is 9.95. The highest BCUT2D eigenvalue weighted by Gasteiger charge is 2.47. The van der Waals surface area contributed by atoms with E-state index in [2.05, 4.69) is 5.32 Å². The minimum Gasteiger partial charge on any atom is -0.454 e. The Kier molecular flexibility index (Phi) is 7.36. The molecule has 0 aromatic heterocycles. The minimum absolute atomic E-state index is 0.131. The van der Waals surface area contributed by atoms with Crippen LogP contribution in [0.3, 0.4) is 0 Å². The molecule has 1 atom stereocenters. The van der Waals surface area contributed by atoms with Gasteiger partial charge in [-0.05, 0) is 39.3 Å². The number of urea groups is 1. The van der Waals surface area contributed by atoms with E-state index in [0.29, 0.717) is 12.1 Å². The van der Waals surface area contributed by atoms with E-state index >= 15 is 0 Å². The van der Waals surface area contributed by atoms with Crippen molar-refractivity contribution in [3.05, 3.63) is 30.3 Å². The Balaban J connectivity index is 1.94. The second-order valence-corrected chi connectivity index (χ2v) is 7.61. The zero-order chi connectivity index (χ0) is 21.6. The van der Waals surface area contributed by atoms with Gasteiger partial charge in [0, 0.05) is 11.7 Å². The lowest BCUT2D eigenvalue weighted by Gasteiger charge is -2.26. The van der Waals surface area contributed by atoms with Gasteiger partial charge in [-0.25, -0.2) is 4.79 Å². The SMILES string of the molecule is CCCC[C@@]1(C)NC(=O)N(CC(=O)OCC(=O)N(c2ccccc2)C(C)C)C1=O. The maximum Gasteiger partial charge on any atom is 0.326 e. The first-order valence-electron chi connectivity index (χ1n) is 9.86. The van der Waals surface area contributed by atoms with E-state index in [1.165, 1.54) is 4.90 Å². The molecule has 1 N–H and O–H groups in total. The molecule has 0 spiro atoms. The molecular weight excluding hydrogens is 374 g/mol. The van der Waals surface area contributed by atoms with Crippen LogP contribution in [-0.4, -0.2) is 53.4 Å². The van der Waals surface area contributed by atoms with Gasteiger partial charge in [-0.15, -0.1) is 0 Å². The third-order valence-corrected chi connectivity index (χ3v) is 4.84. The standard InChI is InChI=1S/C21H29N3O5/c1-5-6-12-21(4)19(27)23(20(28)22-21)13-18(26)29-14-17(25)24(15(2)3)16-10-8-7-9-11-16/h7-11,15H,5-6,12-14H2,1-4H3,(H,22,28)/t21-/m1/s1. The largest absolute Gasteiger partial charge is 0.454 e. The summed E-state index contributed by atoms with van der Waals surface area (Å²) in [5.74, 6) is -1.64. The van der Waals surface area contributed by atoms with Gasteiger partial charge in [-0.3, -0.25) is 19.3 Å². The third-order valence-electron chi connectivity index (χ3n) is 4.84. The Morgan fingerprint density at radius 3 is 2.45 bits per heavy atom. The average molecular weight is 403 g/mol. The molecule has 1 aromatic rings. The number of nitrogens with one attached hydrogen (secondary N) is 1. The number of unbranched alkanes of at least 4 members (excludes halogenated alkanes) is 1. The lowest BCUT2D eigenvalue weighted by Crippen LogP contribution is -2.44. The molecule has 1 fully saturated rings. The van der Waals surface area contributed by atoms with Gasteiger partial charge in [0.1, 0.15) is 12.1 Å². The second-order valence-electron chi connectivity index (χ2n) is 7.61. The molecule has 4 amide bonds. The van der Waals surface area contributed by atoms with Gasteiger partial charge >= 0.3 is 12.0 Å². The number of hydrogen-bond acceptors (Lipinski definition) is 5. The molecule has 1 heterocycles. The predicted octanol–water partition coefficient (Wildman–Crippen LogP) is 2.47. The van der Waals surface area contributed by atoms with Crippen molar-refractivity contribution in [1.29, 1.82) is 0 Å². The highest BCUT2D eigenvalue weighted by atomic mass is 16.5. The first kappa shape index (κ1) is 22.4. The number of ether oxygens (including phenoxy) is 1. The van der Waals surface area contributed by atoms with Crippen LogP contribution in [0.5, 0.6) is 0 Å². The number of carbonyl (C=O) groups is 4. The topological polar surface area (TPSA) is 96.0 Å². The molecule has 158 valence electrons. The van der Waals surface area contributed by atoms with E-state index in [1.54, 1.807) is 19.1 Å². The van der Waals surface area contributed by atoms with Gasteiger partial charge in [0.05, 0.1) is 0 Å². The molecular formula is C21H29N3O5. The van der Waals surface area contributed by atoms with Crippen molar-refractivity contribution in [3.63, 3.8) is 0 Å². The fourth-order valence-corrected chi connectivity index (χ4v) is 3.30. The van der Waals surface area contributed by atoms with E-state index < -0.39 is 36.6 Å². The van der Waals surface area contributed by atoms with Crippen molar-refractivity contribution in [1.82, 2.24) is 10.2 Å². The summed E-state index contributed by atoms with van der Waals surface area (Å²) in [6.07, 6.45) is 2.16. The zero-order valence-electron chi connectivity index (χ0n) is 17.4. The summed E-state index contributed by atoms with van der Waals surface area (Å²) in [4.78, 5) is 51.8. The van der Waals surface area contributed by atoms with Gasteiger partial charge in [0.2, 0.25) is 0 Å². The molecule has 2 rings (SSSR count). The molecule has 0 radical (unpaired) electrons. The van der Waals surface area contributed by atoms with Crippen molar-refractivity contribution in [3.8, 4) is 0 Å². The summed E-state index contributed by atoms with van der Waals surface area (Å²) in [7, 11) is 0. The van der Waals surface area contributed by atoms with Gasteiger partial charge in [-0.2, -0.15) is 0 Å². The van der Waals surface area contributed by atoms with Crippen LogP contribution >= 0.6 is 0 Å². The number of rotatable bonds is 9. The monoisotopic (exact) mass is 403 g/mol. The molecule has 1 aliphatic heterocycles. The number of benzene rings is 1. The number of amides is 4. The number of hydrogen-bond donors (Lipinski definition) is 1. The molecule has 0 saturated carbocycles. The summed E-state index contributed by atoms with van der Waals surface area (Å²) in [5, 5.41) is 2.64. The first-order valence-corrected chi connectivity index (χ1v) is 9.86. The number of anilines is 1. The third kappa shape index (κ3) is 5.34. The summed E-state index contributed by atoms with van der Waals surface area (Å²) in [6, 6.07) is 8.32. The van der Waals surface area contributed by atoms with Crippen LogP contribution in [0.25, 0.3) is 0 Å². The zero-order valence-corrected chi connectivity index (χ0v) is 17.4. The first-order chi connectivity index (χ1) is 13.7. The molecule has 1 saturated heterocycles. The molecule has 8 heteroatoms. The van der Waals surface area contributed by atoms with Crippen LogP contribution in [0.1, 0.15) is 47.0 Å². The van der Waals surface area contributed by atoms with Crippen molar-refractivity contribution >= 4 is 29.5 Å². The molecule has 0 bridgehead atoms. The molecule has 0 aliphatic carbocycles. The number of imide groups is 1. The minimum atomic E-state index is -1.01. The van der Waals surface area contributed by atoms with E-state index in [4.69, 9.17) is 4.74 Å². The van der Waals surface area contributed by atoms with E-state index in [0.717, 1.165) is 17.7 Å². The summed E-state index contributed by atoms with van der Waals surface area (Å²) in [5.41, 5.74) is -0.311. The molecule has 0 unspecified atom stereocenters. The van der Waals surface area contributed by atoms with Crippen LogP contribution < -0.4 is 10.2 Å². The summed E-state index contributed by atoms with van der Waals surface area (Å²) >= 11 is 0. The maximum atomic E-state index is 12.6. The highest BCUT2D eigenvalue weighted by molar-refractivity contribution is 6.08. The van der Waals surface area contributed by atoms with Gasteiger partial charge in [0.15, 0.2) is 6.61 Å². The van der Waals surface area contributed by atoms with Crippen LogP contribution in [0, 0.1) is 0 Å². The quantitative estimate of drug-likeness (QED) is 0.505. The number of para-hydroxylation sites is 1.